The molecule has 0 aliphatic carbocycles. The van der Waals surface area contributed by atoms with Crippen LogP contribution in [0.4, 0.5) is 11.4 Å². The van der Waals surface area contributed by atoms with Crippen molar-refractivity contribution in [2.45, 2.75) is 18.9 Å². The molecule has 4 N–H and O–H groups in total. The van der Waals surface area contributed by atoms with Crippen molar-refractivity contribution in [3.05, 3.63) is 33.9 Å². The van der Waals surface area contributed by atoms with E-state index in [1.165, 1.54) is 18.2 Å². The molecule has 8 heteroatoms. The second-order valence-electron chi connectivity index (χ2n) is 5.12. The Morgan fingerprint density at radius 3 is 2.90 bits per heavy atom. The summed E-state index contributed by atoms with van der Waals surface area (Å²) in [4.78, 5) is 24.6. The fourth-order valence-corrected chi connectivity index (χ4v) is 2.50. The van der Waals surface area contributed by atoms with Crippen molar-refractivity contribution in [1.29, 1.82) is 0 Å². The second kappa shape index (κ2) is 6.51. The first-order chi connectivity index (χ1) is 10.0. The summed E-state index contributed by atoms with van der Waals surface area (Å²) in [7, 11) is 2.03. The number of amides is 1. The molecule has 1 fully saturated rings. The molecule has 0 saturated carbocycles. The molecule has 0 radical (unpaired) electrons. The highest BCUT2D eigenvalue weighted by Crippen LogP contribution is 2.24. The molecule has 1 unspecified atom stereocenters. The third-order valence-corrected chi connectivity index (χ3v) is 3.78. The van der Waals surface area contributed by atoms with E-state index in [2.05, 4.69) is 15.6 Å². The van der Waals surface area contributed by atoms with Crippen LogP contribution in [-0.4, -0.2) is 41.9 Å². The highest BCUT2D eigenvalue weighted by Gasteiger charge is 2.22. The van der Waals surface area contributed by atoms with E-state index in [4.69, 9.17) is 5.84 Å². The maximum absolute atomic E-state index is 12.1. The Kier molecular flexibility index (Phi) is 4.71. The van der Waals surface area contributed by atoms with Gasteiger partial charge >= 0.3 is 0 Å². The predicted octanol–water partition coefficient (Wildman–Crippen LogP) is 0.704. The Bertz CT molecular complexity index is 549. The van der Waals surface area contributed by atoms with Crippen molar-refractivity contribution in [3.63, 3.8) is 0 Å². The van der Waals surface area contributed by atoms with Gasteiger partial charge in [-0.3, -0.25) is 20.8 Å². The van der Waals surface area contributed by atoms with Gasteiger partial charge in [0.05, 0.1) is 4.92 Å². The van der Waals surface area contributed by atoms with E-state index in [0.717, 1.165) is 19.4 Å². The predicted molar refractivity (Wildman–Crippen MR) is 78.9 cm³/mol. The van der Waals surface area contributed by atoms with E-state index in [9.17, 15) is 14.9 Å². The number of nitro groups is 1. The van der Waals surface area contributed by atoms with Gasteiger partial charge in [-0.1, -0.05) is 0 Å². The number of likely N-dealkylation sites (tertiary alicyclic amines) is 1. The van der Waals surface area contributed by atoms with Crippen LogP contribution in [0, 0.1) is 10.1 Å². The number of nitrogens with zero attached hydrogens (tertiary/aromatic N) is 2. The Labute approximate surface area is 122 Å². The van der Waals surface area contributed by atoms with E-state index in [1.807, 2.05) is 7.05 Å². The highest BCUT2D eigenvalue weighted by atomic mass is 16.6. The summed E-state index contributed by atoms with van der Waals surface area (Å²) in [6, 6.07) is 4.42. The van der Waals surface area contributed by atoms with E-state index < -0.39 is 4.92 Å². The molecule has 2 rings (SSSR count). The number of carbonyl (C=O) groups is 1. The fourth-order valence-electron chi connectivity index (χ4n) is 2.50. The van der Waals surface area contributed by atoms with Crippen LogP contribution in [0.15, 0.2) is 18.2 Å². The minimum absolute atomic E-state index is 0.116. The van der Waals surface area contributed by atoms with Crippen molar-refractivity contribution in [3.8, 4) is 0 Å². The van der Waals surface area contributed by atoms with Gasteiger partial charge < -0.3 is 15.6 Å². The van der Waals surface area contributed by atoms with Crippen LogP contribution >= 0.6 is 0 Å². The van der Waals surface area contributed by atoms with Gasteiger partial charge in [-0.05, 0) is 38.6 Å². The zero-order valence-electron chi connectivity index (χ0n) is 11.8. The Hall–Kier alpha value is -2.19. The quantitative estimate of drug-likeness (QED) is 0.418. The van der Waals surface area contributed by atoms with E-state index >= 15 is 0 Å². The molecule has 0 aromatic heterocycles. The minimum atomic E-state index is -0.551. The monoisotopic (exact) mass is 293 g/mol. The summed E-state index contributed by atoms with van der Waals surface area (Å²) in [5.74, 6) is 4.99. The molecular formula is C13H19N5O3. The van der Waals surface area contributed by atoms with Crippen molar-refractivity contribution >= 4 is 17.3 Å². The third kappa shape index (κ3) is 3.47. The standard InChI is InChI=1S/C13H19N5O3/c1-17-6-2-3-10(17)8-15-13(19)9-4-5-12(18(20)21)11(7-9)16-14/h4-5,7,10,16H,2-3,6,8,14H2,1H3,(H,15,19). The number of carbonyl (C=O) groups excluding carboxylic acids is 1. The zero-order chi connectivity index (χ0) is 15.4. The van der Waals surface area contributed by atoms with Gasteiger partial charge in [0, 0.05) is 24.2 Å². The third-order valence-electron chi connectivity index (χ3n) is 3.78. The van der Waals surface area contributed by atoms with Gasteiger partial charge in [-0.15, -0.1) is 0 Å². The summed E-state index contributed by atoms with van der Waals surface area (Å²) in [5.41, 5.74) is 2.54. The zero-order valence-corrected chi connectivity index (χ0v) is 11.8. The van der Waals surface area contributed by atoms with Crippen LogP contribution in [0.1, 0.15) is 23.2 Å². The molecule has 1 heterocycles. The van der Waals surface area contributed by atoms with E-state index in [0.29, 0.717) is 18.2 Å². The van der Waals surface area contributed by atoms with E-state index in [-0.39, 0.29) is 17.3 Å². The minimum Gasteiger partial charge on any atom is -0.350 e. The maximum Gasteiger partial charge on any atom is 0.293 e. The van der Waals surface area contributed by atoms with Crippen LogP contribution in [-0.2, 0) is 0 Å². The first kappa shape index (κ1) is 15.2. The fraction of sp³-hybridized carbons (Fsp3) is 0.462. The SMILES string of the molecule is CN1CCCC1CNC(=O)c1ccc([N+](=O)[O-])c(NN)c1. The molecule has 1 aromatic carbocycles. The van der Waals surface area contributed by atoms with Gasteiger partial charge in [-0.2, -0.15) is 0 Å². The lowest BCUT2D eigenvalue weighted by Crippen LogP contribution is -2.38. The molecule has 114 valence electrons. The first-order valence-electron chi connectivity index (χ1n) is 6.76. The number of nitrogens with one attached hydrogen (secondary N) is 2. The number of hydrazine groups is 1. The van der Waals surface area contributed by atoms with E-state index in [1.54, 1.807) is 0 Å². The average molecular weight is 293 g/mol. The average Bonchev–Trinajstić information content (AvgIpc) is 2.89. The van der Waals surface area contributed by atoms with Gasteiger partial charge in [0.1, 0.15) is 5.69 Å². The number of likely N-dealkylation sites (N-methyl/N-ethyl adjacent to an activating group) is 1. The summed E-state index contributed by atoms with van der Waals surface area (Å²) < 4.78 is 0. The number of benzene rings is 1. The van der Waals surface area contributed by atoms with Gasteiger partial charge in [-0.25, -0.2) is 0 Å². The highest BCUT2D eigenvalue weighted by molar-refractivity contribution is 5.95. The molecule has 0 spiro atoms. The van der Waals surface area contributed by atoms with Gasteiger partial charge in [0.2, 0.25) is 0 Å². The molecule has 1 atom stereocenters. The molecule has 1 amide bonds. The van der Waals surface area contributed by atoms with Crippen LogP contribution in [0.25, 0.3) is 0 Å². The lowest BCUT2D eigenvalue weighted by Gasteiger charge is -2.19. The molecule has 21 heavy (non-hydrogen) atoms. The van der Waals surface area contributed by atoms with Crippen molar-refractivity contribution in [2.75, 3.05) is 25.6 Å². The van der Waals surface area contributed by atoms with Crippen LogP contribution in [0.5, 0.6) is 0 Å². The number of nitrogen functional groups attached to an aromatic ring is 1. The number of anilines is 1. The number of hydrogen-bond acceptors (Lipinski definition) is 6. The number of hydrogen-bond donors (Lipinski definition) is 3. The Morgan fingerprint density at radius 2 is 2.33 bits per heavy atom. The lowest BCUT2D eigenvalue weighted by atomic mass is 10.1. The molecule has 1 aliphatic heterocycles. The molecule has 1 aromatic rings. The number of nitro benzene ring substituents is 1. The topological polar surface area (TPSA) is 114 Å². The lowest BCUT2D eigenvalue weighted by molar-refractivity contribution is -0.384. The molecule has 1 aliphatic rings. The summed E-state index contributed by atoms with van der Waals surface area (Å²) in [6.07, 6.45) is 2.20. The van der Waals surface area contributed by atoms with Crippen molar-refractivity contribution in [2.24, 2.45) is 5.84 Å². The normalized spacial score (nSPS) is 18.5. The number of nitrogens with two attached hydrogens (primary N) is 1. The van der Waals surface area contributed by atoms with Crippen LogP contribution < -0.4 is 16.6 Å². The summed E-state index contributed by atoms with van der Waals surface area (Å²) >= 11 is 0. The Morgan fingerprint density at radius 1 is 1.57 bits per heavy atom. The van der Waals surface area contributed by atoms with Crippen molar-refractivity contribution < 1.29 is 9.72 Å². The van der Waals surface area contributed by atoms with Gasteiger partial charge in [0.25, 0.3) is 11.6 Å². The smallest absolute Gasteiger partial charge is 0.293 e. The molecule has 0 bridgehead atoms. The molecular weight excluding hydrogens is 274 g/mol. The largest absolute Gasteiger partial charge is 0.350 e. The van der Waals surface area contributed by atoms with Crippen LogP contribution in [0.2, 0.25) is 0 Å². The molecule has 8 nitrogen and oxygen atoms in total. The first-order valence-corrected chi connectivity index (χ1v) is 6.76. The van der Waals surface area contributed by atoms with Crippen LogP contribution in [0.3, 0.4) is 0 Å². The molecule has 1 saturated heterocycles. The van der Waals surface area contributed by atoms with Crippen molar-refractivity contribution in [1.82, 2.24) is 10.2 Å². The van der Waals surface area contributed by atoms with Gasteiger partial charge in [0.15, 0.2) is 0 Å². The Balaban J connectivity index is 2.03. The summed E-state index contributed by atoms with van der Waals surface area (Å²) in [5, 5.41) is 13.7. The number of rotatable bonds is 5. The summed E-state index contributed by atoms with van der Waals surface area (Å²) in [6.45, 7) is 1.61. The second-order valence-corrected chi connectivity index (χ2v) is 5.12. The maximum atomic E-state index is 12.1.